The molecule has 4 rings (SSSR count). The van der Waals surface area contributed by atoms with E-state index in [1.807, 2.05) is 24.3 Å². The van der Waals surface area contributed by atoms with Crippen LogP contribution in [0.15, 0.2) is 60.0 Å². The summed E-state index contributed by atoms with van der Waals surface area (Å²) in [5.74, 6) is 1.02. The van der Waals surface area contributed by atoms with Crippen LogP contribution >= 0.6 is 11.8 Å². The van der Waals surface area contributed by atoms with Gasteiger partial charge in [0.2, 0.25) is 5.16 Å². The highest BCUT2D eigenvalue weighted by Crippen LogP contribution is 2.21. The lowest BCUT2D eigenvalue weighted by atomic mass is 10.1. The van der Waals surface area contributed by atoms with E-state index in [1.54, 1.807) is 42.2 Å². The summed E-state index contributed by atoms with van der Waals surface area (Å²) in [4.78, 5) is 21.2. The number of rotatable bonds is 5. The van der Waals surface area contributed by atoms with Crippen molar-refractivity contribution in [2.75, 3.05) is 12.9 Å². The van der Waals surface area contributed by atoms with Crippen molar-refractivity contribution in [3.05, 3.63) is 60.4 Å². The Morgan fingerprint density at radius 1 is 1.16 bits per heavy atom. The Bertz CT molecular complexity index is 1060. The first kappa shape index (κ1) is 15.6. The van der Waals surface area contributed by atoms with Gasteiger partial charge in [0, 0.05) is 10.9 Å². The van der Waals surface area contributed by atoms with Crippen LogP contribution in [0.2, 0.25) is 0 Å². The first-order chi connectivity index (χ1) is 12.2. The molecule has 0 atom stereocenters. The van der Waals surface area contributed by atoms with Gasteiger partial charge in [0.1, 0.15) is 12.1 Å². The maximum Gasteiger partial charge on any atom is 0.209 e. The lowest BCUT2D eigenvalue weighted by Gasteiger charge is -2.01. The van der Waals surface area contributed by atoms with E-state index >= 15 is 0 Å². The number of ether oxygens (including phenoxy) is 1. The minimum Gasteiger partial charge on any atom is -0.497 e. The maximum absolute atomic E-state index is 12.3. The van der Waals surface area contributed by atoms with E-state index in [-0.39, 0.29) is 11.5 Å². The van der Waals surface area contributed by atoms with Crippen LogP contribution in [0.5, 0.6) is 5.75 Å². The highest BCUT2D eigenvalue weighted by molar-refractivity contribution is 7.99. The van der Waals surface area contributed by atoms with Crippen molar-refractivity contribution >= 4 is 34.1 Å². The van der Waals surface area contributed by atoms with Crippen LogP contribution in [0, 0.1) is 0 Å². The fourth-order valence-corrected chi connectivity index (χ4v) is 3.24. The van der Waals surface area contributed by atoms with E-state index in [9.17, 15) is 4.79 Å². The Kier molecular flexibility index (Phi) is 4.07. The van der Waals surface area contributed by atoms with Crippen molar-refractivity contribution in [1.82, 2.24) is 19.6 Å². The molecule has 0 bridgehead atoms. The molecule has 0 N–H and O–H groups in total. The Morgan fingerprint density at radius 2 is 1.96 bits per heavy atom. The summed E-state index contributed by atoms with van der Waals surface area (Å²) >= 11 is 1.32. The number of para-hydroxylation sites is 1. The number of aromatic nitrogens is 4. The van der Waals surface area contributed by atoms with Crippen molar-refractivity contribution < 1.29 is 9.53 Å². The first-order valence-corrected chi connectivity index (χ1v) is 8.63. The van der Waals surface area contributed by atoms with Gasteiger partial charge < -0.3 is 4.74 Å². The SMILES string of the molecule is COc1ccc(C(=O)CSc2nc3c4ccccc4ncn3n2)cc1. The summed E-state index contributed by atoms with van der Waals surface area (Å²) in [6.45, 7) is 0. The van der Waals surface area contributed by atoms with Gasteiger partial charge in [0.05, 0.1) is 18.4 Å². The molecule has 4 aromatic rings. The summed E-state index contributed by atoms with van der Waals surface area (Å²) in [5.41, 5.74) is 2.25. The van der Waals surface area contributed by atoms with Gasteiger partial charge in [-0.3, -0.25) is 4.79 Å². The van der Waals surface area contributed by atoms with Crippen molar-refractivity contribution in [1.29, 1.82) is 0 Å². The Labute approximate surface area is 147 Å². The molecule has 6 nitrogen and oxygen atoms in total. The molecular weight excluding hydrogens is 336 g/mol. The number of hydrogen-bond acceptors (Lipinski definition) is 6. The van der Waals surface area contributed by atoms with Crippen molar-refractivity contribution in [2.24, 2.45) is 0 Å². The number of thioether (sulfide) groups is 1. The van der Waals surface area contributed by atoms with E-state index in [4.69, 9.17) is 4.74 Å². The molecule has 2 heterocycles. The zero-order valence-corrected chi connectivity index (χ0v) is 14.2. The Morgan fingerprint density at radius 3 is 2.76 bits per heavy atom. The number of benzene rings is 2. The molecule has 0 amide bonds. The van der Waals surface area contributed by atoms with Crippen molar-refractivity contribution in [3.8, 4) is 5.75 Å². The molecule has 0 aliphatic carbocycles. The van der Waals surface area contributed by atoms with Gasteiger partial charge in [0.25, 0.3) is 0 Å². The molecule has 0 aliphatic rings. The van der Waals surface area contributed by atoms with Crippen LogP contribution in [0.25, 0.3) is 16.6 Å². The predicted molar refractivity (Wildman–Crippen MR) is 96.3 cm³/mol. The second-order valence-corrected chi connectivity index (χ2v) is 6.31. The number of ketones is 1. The average molecular weight is 350 g/mol. The van der Waals surface area contributed by atoms with Crippen LogP contribution in [-0.4, -0.2) is 38.2 Å². The van der Waals surface area contributed by atoms with E-state index in [0.717, 1.165) is 22.3 Å². The van der Waals surface area contributed by atoms with Gasteiger partial charge >= 0.3 is 0 Å². The van der Waals surface area contributed by atoms with Gasteiger partial charge in [-0.25, -0.2) is 14.5 Å². The molecule has 0 unspecified atom stereocenters. The summed E-state index contributed by atoms with van der Waals surface area (Å²) in [7, 11) is 1.60. The molecule has 0 saturated carbocycles. The van der Waals surface area contributed by atoms with Crippen LogP contribution < -0.4 is 4.74 Å². The smallest absolute Gasteiger partial charge is 0.209 e. The molecule has 25 heavy (non-hydrogen) atoms. The Balaban J connectivity index is 1.54. The number of Topliss-reactive ketones (excluding diaryl/α,β-unsaturated/α-hetero) is 1. The molecular formula is C18H14N4O2S. The van der Waals surface area contributed by atoms with Gasteiger partial charge in [-0.05, 0) is 36.4 Å². The minimum absolute atomic E-state index is 0.0227. The molecule has 2 aromatic carbocycles. The zero-order valence-electron chi connectivity index (χ0n) is 13.4. The number of fused-ring (bicyclic) bond motifs is 3. The fraction of sp³-hybridized carbons (Fsp3) is 0.111. The number of nitrogens with zero attached hydrogens (tertiary/aromatic N) is 4. The fourth-order valence-electron chi connectivity index (χ4n) is 2.51. The quantitative estimate of drug-likeness (QED) is 0.406. The predicted octanol–water partition coefficient (Wildman–Crippen LogP) is 3.26. The van der Waals surface area contributed by atoms with Crippen molar-refractivity contribution in [2.45, 2.75) is 5.16 Å². The van der Waals surface area contributed by atoms with Crippen LogP contribution in [-0.2, 0) is 0 Å². The van der Waals surface area contributed by atoms with E-state index in [0.29, 0.717) is 10.7 Å². The molecule has 2 aromatic heterocycles. The number of hydrogen-bond donors (Lipinski definition) is 0. The largest absolute Gasteiger partial charge is 0.497 e. The van der Waals surface area contributed by atoms with E-state index in [1.165, 1.54) is 11.8 Å². The van der Waals surface area contributed by atoms with Gasteiger partial charge in [-0.15, -0.1) is 5.10 Å². The normalized spacial score (nSPS) is 11.1. The highest BCUT2D eigenvalue weighted by Gasteiger charge is 2.12. The summed E-state index contributed by atoms with van der Waals surface area (Å²) in [6.07, 6.45) is 1.64. The summed E-state index contributed by atoms with van der Waals surface area (Å²) in [6, 6.07) is 14.8. The molecule has 7 heteroatoms. The third kappa shape index (κ3) is 3.06. The molecule has 0 radical (unpaired) electrons. The zero-order chi connectivity index (χ0) is 17.2. The monoisotopic (exact) mass is 350 g/mol. The summed E-state index contributed by atoms with van der Waals surface area (Å²) < 4.78 is 6.74. The second kappa shape index (κ2) is 6.52. The van der Waals surface area contributed by atoms with Gasteiger partial charge in [-0.2, -0.15) is 0 Å². The second-order valence-electron chi connectivity index (χ2n) is 5.36. The lowest BCUT2D eigenvalue weighted by Crippen LogP contribution is -2.02. The van der Waals surface area contributed by atoms with Crippen LogP contribution in [0.3, 0.4) is 0 Å². The summed E-state index contributed by atoms with van der Waals surface area (Å²) in [5, 5.41) is 5.88. The Hall–Kier alpha value is -2.93. The van der Waals surface area contributed by atoms with Gasteiger partial charge in [-0.1, -0.05) is 23.9 Å². The minimum atomic E-state index is 0.0227. The average Bonchev–Trinajstić information content (AvgIpc) is 3.10. The number of carbonyl (C=O) groups excluding carboxylic acids is 1. The topological polar surface area (TPSA) is 69.4 Å². The molecule has 0 spiro atoms. The molecule has 0 saturated heterocycles. The highest BCUT2D eigenvalue weighted by atomic mass is 32.2. The molecule has 0 aliphatic heterocycles. The standard InChI is InChI=1S/C18H14N4O2S/c1-24-13-8-6-12(7-9-13)16(23)10-25-18-20-17-14-4-2-3-5-15(14)19-11-22(17)21-18/h2-9,11H,10H2,1H3. The van der Waals surface area contributed by atoms with Crippen molar-refractivity contribution in [3.63, 3.8) is 0 Å². The van der Waals surface area contributed by atoms with E-state index < -0.39 is 0 Å². The molecule has 124 valence electrons. The lowest BCUT2D eigenvalue weighted by molar-refractivity contribution is 0.102. The third-order valence-electron chi connectivity index (χ3n) is 3.81. The number of carbonyl (C=O) groups is 1. The maximum atomic E-state index is 12.3. The molecule has 0 fully saturated rings. The number of methoxy groups -OCH3 is 1. The third-order valence-corrected chi connectivity index (χ3v) is 4.64. The first-order valence-electron chi connectivity index (χ1n) is 7.65. The van der Waals surface area contributed by atoms with Gasteiger partial charge in [0.15, 0.2) is 11.4 Å². The van der Waals surface area contributed by atoms with E-state index in [2.05, 4.69) is 15.1 Å². The van der Waals surface area contributed by atoms with Crippen LogP contribution in [0.1, 0.15) is 10.4 Å². The van der Waals surface area contributed by atoms with Crippen LogP contribution in [0.4, 0.5) is 0 Å².